The molecule has 0 saturated heterocycles. The van der Waals surface area contributed by atoms with E-state index in [2.05, 4.69) is 26.8 Å². The highest BCUT2D eigenvalue weighted by atomic mass is 16.3. The van der Waals surface area contributed by atoms with E-state index in [9.17, 15) is 9.90 Å². The Labute approximate surface area is 140 Å². The molecule has 0 amide bonds. The van der Waals surface area contributed by atoms with Crippen LogP contribution in [0.2, 0.25) is 0 Å². The fourth-order valence-electron chi connectivity index (χ4n) is 5.23. The zero-order chi connectivity index (χ0) is 16.6. The maximum absolute atomic E-state index is 12.5. The summed E-state index contributed by atoms with van der Waals surface area (Å²) in [7, 11) is 0. The number of carbonyl (C=O) groups excluding carboxylic acids is 1. The van der Waals surface area contributed by atoms with Crippen LogP contribution in [0.3, 0.4) is 0 Å². The van der Waals surface area contributed by atoms with Crippen LogP contribution in [0.1, 0.15) is 76.3 Å². The van der Waals surface area contributed by atoms with Crippen LogP contribution >= 0.6 is 0 Å². The minimum absolute atomic E-state index is 0.284. The van der Waals surface area contributed by atoms with Crippen molar-refractivity contribution in [1.29, 1.82) is 0 Å². The molecule has 23 heavy (non-hydrogen) atoms. The van der Waals surface area contributed by atoms with Gasteiger partial charge in [0.2, 0.25) is 0 Å². The van der Waals surface area contributed by atoms with Gasteiger partial charge in [0.1, 0.15) is 11.5 Å². The molecular formula is C21H30O2. The lowest BCUT2D eigenvalue weighted by atomic mass is 9.51. The van der Waals surface area contributed by atoms with E-state index in [4.69, 9.17) is 0 Å². The number of aromatic hydroxyl groups is 1. The number of carbonyl (C=O) groups is 1. The first-order valence-corrected chi connectivity index (χ1v) is 9.29. The number of hydrogen-bond donors (Lipinski definition) is 1. The van der Waals surface area contributed by atoms with E-state index in [0.717, 1.165) is 19.3 Å². The van der Waals surface area contributed by atoms with Gasteiger partial charge in [0.15, 0.2) is 0 Å². The van der Waals surface area contributed by atoms with Gasteiger partial charge >= 0.3 is 0 Å². The fourth-order valence-corrected chi connectivity index (χ4v) is 5.23. The summed E-state index contributed by atoms with van der Waals surface area (Å²) in [6.07, 6.45) is 7.25. The molecule has 2 heteroatoms. The number of aryl methyl sites for hydroxylation is 1. The number of phenolic OH excluding ortho intramolecular Hbond substituents is 1. The van der Waals surface area contributed by atoms with Crippen molar-refractivity contribution in [1.82, 2.24) is 0 Å². The summed E-state index contributed by atoms with van der Waals surface area (Å²) in [5.41, 5.74) is 2.88. The normalized spacial score (nSPS) is 30.2. The Hall–Kier alpha value is -1.31. The first-order valence-electron chi connectivity index (χ1n) is 9.29. The third-order valence-electron chi connectivity index (χ3n) is 6.53. The summed E-state index contributed by atoms with van der Waals surface area (Å²) < 4.78 is 0. The number of phenols is 1. The first kappa shape index (κ1) is 16.5. The molecule has 0 aliphatic heterocycles. The lowest BCUT2D eigenvalue weighted by Gasteiger charge is -2.53. The number of hydrogen-bond acceptors (Lipinski definition) is 2. The Morgan fingerprint density at radius 3 is 2.78 bits per heavy atom. The average Bonchev–Trinajstić information content (AvgIpc) is 2.52. The Morgan fingerprint density at radius 2 is 2.09 bits per heavy atom. The maximum Gasteiger partial charge on any atom is 0.133 e. The number of benzene rings is 1. The molecular weight excluding hydrogens is 284 g/mol. The average molecular weight is 314 g/mol. The van der Waals surface area contributed by atoms with Crippen molar-refractivity contribution in [3.8, 4) is 5.75 Å². The highest BCUT2D eigenvalue weighted by Crippen LogP contribution is 2.59. The first-order chi connectivity index (χ1) is 11.0. The van der Waals surface area contributed by atoms with Gasteiger partial charge < -0.3 is 5.11 Å². The van der Waals surface area contributed by atoms with Crippen LogP contribution in [0.25, 0.3) is 0 Å². The third kappa shape index (κ3) is 2.93. The van der Waals surface area contributed by atoms with Crippen LogP contribution in [-0.2, 0) is 11.2 Å². The van der Waals surface area contributed by atoms with E-state index in [1.165, 1.54) is 30.4 Å². The number of Topliss-reactive ketones (excluding diaryl/α,β-unsaturated/α-hetero) is 1. The lowest BCUT2D eigenvalue weighted by Crippen LogP contribution is -2.45. The second-order valence-corrected chi connectivity index (χ2v) is 8.14. The molecule has 2 aliphatic rings. The Balaban J connectivity index is 1.98. The molecule has 2 aliphatic carbocycles. The topological polar surface area (TPSA) is 37.3 Å². The van der Waals surface area contributed by atoms with Gasteiger partial charge in [-0.1, -0.05) is 33.3 Å². The Kier molecular flexibility index (Phi) is 4.53. The molecule has 1 aromatic rings. The second kappa shape index (κ2) is 6.30. The van der Waals surface area contributed by atoms with Crippen molar-refractivity contribution in [2.45, 2.75) is 71.6 Å². The van der Waals surface area contributed by atoms with Crippen molar-refractivity contribution in [2.24, 2.45) is 17.3 Å². The molecule has 0 heterocycles. The number of ketones is 1. The summed E-state index contributed by atoms with van der Waals surface area (Å²) in [5, 5.41) is 9.79. The van der Waals surface area contributed by atoms with E-state index in [1.54, 1.807) is 6.07 Å². The van der Waals surface area contributed by atoms with E-state index in [1.807, 2.05) is 6.07 Å². The molecule has 0 spiro atoms. The number of fused-ring (bicyclic) bond motifs is 3. The van der Waals surface area contributed by atoms with Gasteiger partial charge in [-0.05, 0) is 72.1 Å². The predicted octanol–water partition coefficient (Wildman–Crippen LogP) is 5.23. The van der Waals surface area contributed by atoms with Crippen LogP contribution in [0.5, 0.6) is 5.75 Å². The fraction of sp³-hybridized carbons (Fsp3) is 0.667. The Morgan fingerprint density at radius 1 is 1.30 bits per heavy atom. The molecule has 1 aromatic carbocycles. The van der Waals surface area contributed by atoms with Crippen LogP contribution < -0.4 is 0 Å². The molecule has 3 rings (SSSR count). The van der Waals surface area contributed by atoms with Crippen molar-refractivity contribution >= 4 is 5.78 Å². The maximum atomic E-state index is 12.5. The zero-order valence-electron chi connectivity index (χ0n) is 14.8. The summed E-state index contributed by atoms with van der Waals surface area (Å²) in [6.45, 7) is 6.87. The lowest BCUT2D eigenvalue weighted by molar-refractivity contribution is -0.127. The summed E-state index contributed by atoms with van der Waals surface area (Å²) in [4.78, 5) is 12.5. The van der Waals surface area contributed by atoms with Crippen LogP contribution in [-0.4, -0.2) is 10.9 Å². The summed E-state index contributed by atoms with van der Waals surface area (Å²) >= 11 is 0. The molecule has 0 radical (unpaired) electrons. The van der Waals surface area contributed by atoms with Crippen LogP contribution in [0.4, 0.5) is 0 Å². The van der Waals surface area contributed by atoms with Gasteiger partial charge in [-0.15, -0.1) is 0 Å². The zero-order valence-corrected chi connectivity index (χ0v) is 14.8. The standard InChI is InChI=1S/C21H30O2/c1-4-21-10-9-15-11-17(22)7-8-19(15)20(21)13-18(23)12-16(21)6-5-14(2)3/h7-8,11,14,16,20,22H,4-6,9-10,12-13H2,1-3H3. The van der Waals surface area contributed by atoms with Crippen molar-refractivity contribution in [3.05, 3.63) is 29.3 Å². The van der Waals surface area contributed by atoms with Gasteiger partial charge in [0, 0.05) is 12.8 Å². The van der Waals surface area contributed by atoms with Gasteiger partial charge in [-0.25, -0.2) is 0 Å². The molecule has 3 unspecified atom stereocenters. The van der Waals surface area contributed by atoms with E-state index >= 15 is 0 Å². The van der Waals surface area contributed by atoms with Gasteiger partial charge in [-0.3, -0.25) is 4.79 Å². The minimum Gasteiger partial charge on any atom is -0.508 e. The van der Waals surface area contributed by atoms with E-state index in [0.29, 0.717) is 35.7 Å². The van der Waals surface area contributed by atoms with E-state index in [-0.39, 0.29) is 5.41 Å². The molecule has 1 N–H and O–H groups in total. The van der Waals surface area contributed by atoms with Crippen molar-refractivity contribution in [2.75, 3.05) is 0 Å². The summed E-state index contributed by atoms with van der Waals surface area (Å²) in [6, 6.07) is 5.79. The second-order valence-electron chi connectivity index (χ2n) is 8.14. The Bertz CT molecular complexity index is 590. The molecule has 0 aromatic heterocycles. The van der Waals surface area contributed by atoms with Crippen LogP contribution in [0, 0.1) is 17.3 Å². The SMILES string of the molecule is CCC12CCc3cc(O)ccc3C1CC(=O)CC2CCC(C)C. The molecule has 3 atom stereocenters. The molecule has 1 saturated carbocycles. The van der Waals surface area contributed by atoms with E-state index < -0.39 is 0 Å². The minimum atomic E-state index is 0.284. The number of rotatable bonds is 4. The van der Waals surface area contributed by atoms with Gasteiger partial charge in [-0.2, -0.15) is 0 Å². The van der Waals surface area contributed by atoms with Gasteiger partial charge in [0.05, 0.1) is 0 Å². The van der Waals surface area contributed by atoms with Crippen molar-refractivity contribution < 1.29 is 9.90 Å². The van der Waals surface area contributed by atoms with Gasteiger partial charge in [0.25, 0.3) is 0 Å². The highest BCUT2D eigenvalue weighted by molar-refractivity contribution is 5.81. The quantitative estimate of drug-likeness (QED) is 0.826. The largest absolute Gasteiger partial charge is 0.508 e. The molecule has 2 nitrogen and oxygen atoms in total. The summed E-state index contributed by atoms with van der Waals surface area (Å²) in [5.74, 6) is 2.38. The smallest absolute Gasteiger partial charge is 0.133 e. The third-order valence-corrected chi connectivity index (χ3v) is 6.53. The van der Waals surface area contributed by atoms with Crippen molar-refractivity contribution in [3.63, 3.8) is 0 Å². The molecule has 1 fully saturated rings. The highest BCUT2D eigenvalue weighted by Gasteiger charge is 2.50. The molecule has 126 valence electrons. The predicted molar refractivity (Wildman–Crippen MR) is 93.7 cm³/mol. The van der Waals surface area contributed by atoms with Crippen LogP contribution in [0.15, 0.2) is 18.2 Å². The monoisotopic (exact) mass is 314 g/mol. The molecule has 0 bridgehead atoms.